The third-order valence-corrected chi connectivity index (χ3v) is 12.6. The summed E-state index contributed by atoms with van der Waals surface area (Å²) in [5, 5.41) is 40.3. The topological polar surface area (TPSA) is 135 Å². The van der Waals surface area contributed by atoms with Crippen molar-refractivity contribution >= 4 is 5.97 Å². The molecule has 9 nitrogen and oxygen atoms in total. The van der Waals surface area contributed by atoms with E-state index in [-0.39, 0.29) is 19.2 Å². The quantitative estimate of drug-likeness (QED) is 0.0267. The maximum atomic E-state index is 12.9. The first-order valence-electron chi connectivity index (χ1n) is 28.0. The minimum absolute atomic E-state index is 0.121. The first-order valence-corrected chi connectivity index (χ1v) is 28.0. The number of hydrogen-bond donors (Lipinski definition) is 4. The number of esters is 1. The lowest BCUT2D eigenvalue weighted by molar-refractivity contribution is -0.305. The number of carbonyl (C=O) groups is 1. The number of aliphatic hydroxyl groups excluding tert-OH is 4. The van der Waals surface area contributed by atoms with Gasteiger partial charge in [0.2, 0.25) is 0 Å². The minimum Gasteiger partial charge on any atom is -0.457 e. The molecule has 0 aromatic heterocycles. The van der Waals surface area contributed by atoms with E-state index in [0.29, 0.717) is 13.0 Å². The van der Waals surface area contributed by atoms with Gasteiger partial charge in [-0.25, -0.2) is 0 Å². The lowest BCUT2D eigenvalue weighted by atomic mass is 9.99. The molecular weight excluding hydrogens is 853 g/mol. The van der Waals surface area contributed by atoms with E-state index in [4.69, 9.17) is 18.9 Å². The predicted octanol–water partition coefficient (Wildman–Crippen LogP) is 14.4. The monoisotopic (exact) mass is 957 g/mol. The van der Waals surface area contributed by atoms with Crippen LogP contribution >= 0.6 is 0 Å². The summed E-state index contributed by atoms with van der Waals surface area (Å²) < 4.78 is 22.9. The molecule has 68 heavy (non-hydrogen) atoms. The zero-order valence-electron chi connectivity index (χ0n) is 43.6. The summed E-state index contributed by atoms with van der Waals surface area (Å²) in [5.41, 5.74) is 0. The van der Waals surface area contributed by atoms with Crippen LogP contribution in [0, 0.1) is 0 Å². The molecule has 1 fully saturated rings. The van der Waals surface area contributed by atoms with Crippen LogP contribution in [0.5, 0.6) is 0 Å². The Bertz CT molecular complexity index is 1270. The van der Waals surface area contributed by atoms with Gasteiger partial charge in [-0.15, -0.1) is 0 Å². The number of ether oxygens (including phenoxy) is 4. The van der Waals surface area contributed by atoms with Crippen LogP contribution < -0.4 is 0 Å². The molecule has 0 radical (unpaired) electrons. The lowest BCUT2D eigenvalue weighted by Crippen LogP contribution is -2.59. The number of rotatable bonds is 48. The minimum atomic E-state index is -1.54. The van der Waals surface area contributed by atoms with Crippen molar-refractivity contribution in [3.63, 3.8) is 0 Å². The van der Waals surface area contributed by atoms with Gasteiger partial charge in [-0.3, -0.25) is 4.79 Å². The molecule has 1 aliphatic heterocycles. The maximum Gasteiger partial charge on any atom is 0.306 e. The first-order chi connectivity index (χ1) is 33.4. The van der Waals surface area contributed by atoms with Gasteiger partial charge < -0.3 is 39.4 Å². The molecule has 0 aliphatic carbocycles. The molecule has 1 heterocycles. The Morgan fingerprint density at radius 1 is 0.485 bits per heavy atom. The van der Waals surface area contributed by atoms with Gasteiger partial charge in [0.25, 0.3) is 0 Å². The Kier molecular flexibility index (Phi) is 46.4. The number of hydrogen-bond acceptors (Lipinski definition) is 9. The van der Waals surface area contributed by atoms with Crippen LogP contribution in [0.2, 0.25) is 0 Å². The van der Waals surface area contributed by atoms with E-state index < -0.39 is 43.4 Å². The molecular formula is C59H104O9. The standard InChI is InChI=1S/C59H104O9/c1-3-5-7-9-11-13-15-17-19-21-23-25-26-27-28-29-30-32-34-36-38-40-42-44-46-48-55(61)67-53(52-66-59-58(64)57(63)56(62)54(50-60)68-59)51-65-49-47-45-43-41-39-37-35-33-31-24-22-20-18-16-14-12-10-8-6-4-2/h5,7,11,13,17,19,23,25,27-28,30,32,53-54,56-60,62-64H,3-4,6,8-10,12,14-16,18,20-22,24,26,29,31,33-52H2,1-2H3/b7-5-,13-11-,19-17-,25-23-,28-27-,32-30-. The fourth-order valence-corrected chi connectivity index (χ4v) is 8.32. The smallest absolute Gasteiger partial charge is 0.306 e. The van der Waals surface area contributed by atoms with E-state index in [1.165, 1.54) is 128 Å². The fraction of sp³-hybridized carbons (Fsp3) is 0.780. The van der Waals surface area contributed by atoms with Gasteiger partial charge in [-0.2, -0.15) is 0 Å². The molecule has 0 aromatic carbocycles. The molecule has 0 bridgehead atoms. The second kappa shape index (κ2) is 49.6. The van der Waals surface area contributed by atoms with Gasteiger partial charge in [0.1, 0.15) is 30.5 Å². The highest BCUT2D eigenvalue weighted by Crippen LogP contribution is 2.23. The Labute approximate surface area is 417 Å². The van der Waals surface area contributed by atoms with Crippen molar-refractivity contribution in [1.82, 2.24) is 0 Å². The van der Waals surface area contributed by atoms with Crippen molar-refractivity contribution in [3.8, 4) is 0 Å². The second-order valence-corrected chi connectivity index (χ2v) is 19.0. The van der Waals surface area contributed by atoms with Crippen LogP contribution in [-0.2, 0) is 23.7 Å². The van der Waals surface area contributed by atoms with Gasteiger partial charge in [0, 0.05) is 13.0 Å². The van der Waals surface area contributed by atoms with E-state index in [1.807, 2.05) is 0 Å². The predicted molar refractivity (Wildman–Crippen MR) is 284 cm³/mol. The van der Waals surface area contributed by atoms with Crippen LogP contribution in [0.3, 0.4) is 0 Å². The van der Waals surface area contributed by atoms with Crippen LogP contribution in [0.1, 0.15) is 232 Å². The highest BCUT2D eigenvalue weighted by atomic mass is 16.7. The summed E-state index contributed by atoms with van der Waals surface area (Å²) in [4.78, 5) is 12.9. The highest BCUT2D eigenvalue weighted by Gasteiger charge is 2.44. The molecule has 9 heteroatoms. The van der Waals surface area contributed by atoms with Crippen molar-refractivity contribution in [1.29, 1.82) is 0 Å². The molecule has 1 aliphatic rings. The van der Waals surface area contributed by atoms with Crippen LogP contribution in [-0.4, -0.2) is 89.6 Å². The van der Waals surface area contributed by atoms with Crippen molar-refractivity contribution in [2.75, 3.05) is 26.4 Å². The summed E-state index contributed by atoms with van der Waals surface area (Å²) in [6.07, 6.45) is 59.4. The summed E-state index contributed by atoms with van der Waals surface area (Å²) in [6.45, 7) is 4.46. The Morgan fingerprint density at radius 2 is 0.897 bits per heavy atom. The van der Waals surface area contributed by atoms with Gasteiger partial charge in [-0.05, 0) is 64.2 Å². The number of unbranched alkanes of at least 4 members (excludes halogenated alkanes) is 25. The van der Waals surface area contributed by atoms with E-state index in [2.05, 4.69) is 86.8 Å². The summed E-state index contributed by atoms with van der Waals surface area (Å²) in [7, 11) is 0. The Balaban J connectivity index is 2.19. The molecule has 6 unspecified atom stereocenters. The summed E-state index contributed by atoms with van der Waals surface area (Å²) in [6, 6.07) is 0. The largest absolute Gasteiger partial charge is 0.457 e. The first kappa shape index (κ1) is 63.6. The van der Waals surface area contributed by atoms with Crippen LogP contribution in [0.15, 0.2) is 72.9 Å². The molecule has 394 valence electrons. The van der Waals surface area contributed by atoms with Crippen molar-refractivity contribution in [2.24, 2.45) is 0 Å². The molecule has 6 atom stereocenters. The second-order valence-electron chi connectivity index (χ2n) is 19.0. The fourth-order valence-electron chi connectivity index (χ4n) is 8.32. The van der Waals surface area contributed by atoms with Gasteiger partial charge in [0.05, 0.1) is 19.8 Å². The maximum absolute atomic E-state index is 12.9. The van der Waals surface area contributed by atoms with Crippen molar-refractivity contribution in [3.05, 3.63) is 72.9 Å². The van der Waals surface area contributed by atoms with E-state index >= 15 is 0 Å². The SMILES string of the molecule is CC/C=C\C/C=C\C/C=C\C/C=C\C/C=C\C/C=C\CCCCCCCCC(=O)OC(COCCCCCCCCCCCCCCCCCCCCCC)COC1OC(CO)C(O)C(O)C1O. The molecule has 1 saturated heterocycles. The van der Waals surface area contributed by atoms with Gasteiger partial charge in [0.15, 0.2) is 6.29 Å². The Morgan fingerprint density at radius 3 is 1.35 bits per heavy atom. The Hall–Kier alpha value is -2.37. The average molecular weight is 957 g/mol. The van der Waals surface area contributed by atoms with Gasteiger partial charge in [-0.1, -0.05) is 234 Å². The summed E-state index contributed by atoms with van der Waals surface area (Å²) in [5.74, 6) is -0.326. The molecule has 4 N–H and O–H groups in total. The van der Waals surface area contributed by atoms with E-state index in [9.17, 15) is 25.2 Å². The zero-order valence-corrected chi connectivity index (χ0v) is 43.6. The van der Waals surface area contributed by atoms with E-state index in [1.54, 1.807) is 0 Å². The molecule has 0 amide bonds. The lowest BCUT2D eigenvalue weighted by Gasteiger charge is -2.39. The van der Waals surface area contributed by atoms with Crippen molar-refractivity contribution < 1.29 is 44.2 Å². The zero-order chi connectivity index (χ0) is 49.2. The van der Waals surface area contributed by atoms with E-state index in [0.717, 1.165) is 83.5 Å². The molecule has 1 rings (SSSR count). The average Bonchev–Trinajstić information content (AvgIpc) is 3.34. The molecule has 0 saturated carbocycles. The highest BCUT2D eigenvalue weighted by molar-refractivity contribution is 5.69. The third-order valence-electron chi connectivity index (χ3n) is 12.6. The van der Waals surface area contributed by atoms with Crippen LogP contribution in [0.4, 0.5) is 0 Å². The third kappa shape index (κ3) is 39.4. The molecule has 0 aromatic rings. The van der Waals surface area contributed by atoms with Crippen LogP contribution in [0.25, 0.3) is 0 Å². The van der Waals surface area contributed by atoms with Gasteiger partial charge >= 0.3 is 5.97 Å². The molecule has 0 spiro atoms. The van der Waals surface area contributed by atoms with Crippen molar-refractivity contribution in [2.45, 2.75) is 269 Å². The number of allylic oxidation sites excluding steroid dienone is 12. The number of carbonyl (C=O) groups excluding carboxylic acids is 1. The number of aliphatic hydroxyl groups is 4. The summed E-state index contributed by atoms with van der Waals surface area (Å²) >= 11 is 0. The normalized spacial score (nSPS) is 19.6.